The lowest BCUT2D eigenvalue weighted by Crippen LogP contribution is -2.48. The number of rotatable bonds is 5. The van der Waals surface area contributed by atoms with Crippen molar-refractivity contribution in [3.63, 3.8) is 0 Å². The predicted octanol–water partition coefficient (Wildman–Crippen LogP) is 0.387. The molecule has 1 amide bonds. The van der Waals surface area contributed by atoms with Gasteiger partial charge in [0.15, 0.2) is 0 Å². The molecule has 2 atom stereocenters. The van der Waals surface area contributed by atoms with Gasteiger partial charge in [-0.3, -0.25) is 9.59 Å². The molecule has 0 aromatic rings. The smallest absolute Gasteiger partial charge is 0.321 e. The van der Waals surface area contributed by atoms with Gasteiger partial charge in [0.1, 0.15) is 6.04 Å². The number of amides is 1. The molecule has 3 N–H and O–H groups in total. The molecule has 0 radical (unpaired) electrons. The summed E-state index contributed by atoms with van der Waals surface area (Å²) in [6.07, 6.45) is 0. The van der Waals surface area contributed by atoms with Crippen LogP contribution >= 0.6 is 11.8 Å². The molecule has 16 heavy (non-hydrogen) atoms. The van der Waals surface area contributed by atoms with E-state index < -0.39 is 16.8 Å². The van der Waals surface area contributed by atoms with Gasteiger partial charge in [0.25, 0.3) is 0 Å². The van der Waals surface area contributed by atoms with Gasteiger partial charge < -0.3 is 15.7 Å². The highest BCUT2D eigenvalue weighted by molar-refractivity contribution is 8.02. The minimum atomic E-state index is -1.05. The first kappa shape index (κ1) is 15.2. The summed E-state index contributed by atoms with van der Waals surface area (Å²) in [4.78, 5) is 23.9. The molecule has 0 aromatic heterocycles. The number of carbonyl (C=O) groups is 2. The number of carbonyl (C=O) groups excluding carboxylic acids is 1. The SMILES string of the molecule is CC(SC(C)(C)[C@@H](N)C(=O)O)C(=O)N(C)C. The largest absolute Gasteiger partial charge is 0.480 e. The van der Waals surface area contributed by atoms with Gasteiger partial charge in [-0.15, -0.1) is 11.8 Å². The molecule has 0 aliphatic rings. The van der Waals surface area contributed by atoms with Gasteiger partial charge in [-0.2, -0.15) is 0 Å². The maximum atomic E-state index is 11.6. The van der Waals surface area contributed by atoms with E-state index in [0.717, 1.165) is 0 Å². The molecule has 0 bridgehead atoms. The quantitative estimate of drug-likeness (QED) is 0.735. The Bertz CT molecular complexity index is 279. The molecule has 1 unspecified atom stereocenters. The summed E-state index contributed by atoms with van der Waals surface area (Å²) < 4.78 is -0.684. The van der Waals surface area contributed by atoms with Crippen LogP contribution in [0.4, 0.5) is 0 Å². The molecule has 94 valence electrons. The van der Waals surface area contributed by atoms with Crippen molar-refractivity contribution in [3.05, 3.63) is 0 Å². The van der Waals surface area contributed by atoms with Gasteiger partial charge in [-0.05, 0) is 20.8 Å². The number of aliphatic carboxylic acids is 1. The second kappa shape index (κ2) is 5.54. The van der Waals surface area contributed by atoms with Gasteiger partial charge in [0.2, 0.25) is 5.91 Å². The first-order valence-electron chi connectivity index (χ1n) is 4.97. The summed E-state index contributed by atoms with van der Waals surface area (Å²) >= 11 is 1.28. The fourth-order valence-corrected chi connectivity index (χ4v) is 2.71. The topological polar surface area (TPSA) is 83.6 Å². The lowest BCUT2D eigenvalue weighted by molar-refractivity contribution is -0.139. The van der Waals surface area contributed by atoms with Crippen molar-refractivity contribution < 1.29 is 14.7 Å². The van der Waals surface area contributed by atoms with Crippen LogP contribution in [0.1, 0.15) is 20.8 Å². The molecular weight excluding hydrogens is 228 g/mol. The molecule has 0 aliphatic carbocycles. The van der Waals surface area contributed by atoms with Crippen LogP contribution in [0.15, 0.2) is 0 Å². The van der Waals surface area contributed by atoms with E-state index >= 15 is 0 Å². The van der Waals surface area contributed by atoms with Crippen LogP contribution in [0.5, 0.6) is 0 Å². The van der Waals surface area contributed by atoms with Crippen molar-refractivity contribution in [2.75, 3.05) is 14.1 Å². The van der Waals surface area contributed by atoms with Crippen molar-refractivity contribution in [1.82, 2.24) is 4.90 Å². The van der Waals surface area contributed by atoms with Gasteiger partial charge >= 0.3 is 5.97 Å². The second-order valence-corrected chi connectivity index (χ2v) is 6.41. The van der Waals surface area contributed by atoms with E-state index in [1.54, 1.807) is 34.9 Å². The summed E-state index contributed by atoms with van der Waals surface area (Å²) in [5, 5.41) is 8.53. The standard InChI is InChI=1S/C10H20N2O3S/c1-6(8(13)12(4)5)16-10(2,3)7(11)9(14)15/h6-7H,11H2,1-5H3,(H,14,15)/t6?,7-/m0/s1. The zero-order valence-corrected chi connectivity index (χ0v) is 11.2. The Labute approximate surface area is 100 Å². The van der Waals surface area contributed by atoms with Crippen molar-refractivity contribution in [2.45, 2.75) is 36.8 Å². The average Bonchev–Trinajstić information content (AvgIpc) is 2.14. The Hall–Kier alpha value is -0.750. The Morgan fingerprint density at radius 1 is 1.38 bits per heavy atom. The number of hydrogen-bond acceptors (Lipinski definition) is 4. The van der Waals surface area contributed by atoms with Crippen molar-refractivity contribution in [3.8, 4) is 0 Å². The van der Waals surface area contributed by atoms with Gasteiger partial charge in [-0.1, -0.05) is 0 Å². The molecule has 0 saturated carbocycles. The molecule has 5 nitrogen and oxygen atoms in total. The van der Waals surface area contributed by atoms with Crippen molar-refractivity contribution in [2.24, 2.45) is 5.73 Å². The minimum Gasteiger partial charge on any atom is -0.480 e. The van der Waals surface area contributed by atoms with Crippen LogP contribution in [0.2, 0.25) is 0 Å². The van der Waals surface area contributed by atoms with E-state index in [0.29, 0.717) is 0 Å². The van der Waals surface area contributed by atoms with Gasteiger partial charge in [0, 0.05) is 18.8 Å². The molecule has 0 spiro atoms. The molecule has 6 heteroatoms. The number of hydrogen-bond donors (Lipinski definition) is 2. The highest BCUT2D eigenvalue weighted by Gasteiger charge is 2.35. The number of carboxylic acids is 1. The molecule has 0 heterocycles. The van der Waals surface area contributed by atoms with E-state index in [-0.39, 0.29) is 11.2 Å². The summed E-state index contributed by atoms with van der Waals surface area (Å²) in [5.74, 6) is -1.10. The summed E-state index contributed by atoms with van der Waals surface area (Å²) in [6.45, 7) is 5.22. The molecule has 0 rings (SSSR count). The van der Waals surface area contributed by atoms with Crippen LogP contribution in [0, 0.1) is 0 Å². The molecule has 0 saturated heterocycles. The first-order chi connectivity index (χ1) is 7.09. The monoisotopic (exact) mass is 248 g/mol. The lowest BCUT2D eigenvalue weighted by atomic mass is 10.1. The lowest BCUT2D eigenvalue weighted by Gasteiger charge is -2.31. The van der Waals surface area contributed by atoms with Crippen LogP contribution < -0.4 is 5.73 Å². The van der Waals surface area contributed by atoms with Crippen LogP contribution in [0.25, 0.3) is 0 Å². The molecule has 0 fully saturated rings. The highest BCUT2D eigenvalue weighted by Crippen LogP contribution is 2.31. The molecule has 0 aliphatic heterocycles. The maximum Gasteiger partial charge on any atom is 0.321 e. The van der Waals surface area contributed by atoms with Crippen LogP contribution in [-0.2, 0) is 9.59 Å². The summed E-state index contributed by atoms with van der Waals surface area (Å²) in [6, 6.07) is -0.991. The zero-order valence-electron chi connectivity index (χ0n) is 10.4. The Balaban J connectivity index is 4.59. The van der Waals surface area contributed by atoms with Crippen LogP contribution in [0.3, 0.4) is 0 Å². The van der Waals surface area contributed by atoms with E-state index in [1.165, 1.54) is 16.7 Å². The van der Waals surface area contributed by atoms with Crippen molar-refractivity contribution >= 4 is 23.6 Å². The van der Waals surface area contributed by atoms with Gasteiger partial charge in [-0.25, -0.2) is 0 Å². The zero-order chi connectivity index (χ0) is 13.1. The van der Waals surface area contributed by atoms with E-state index in [9.17, 15) is 9.59 Å². The van der Waals surface area contributed by atoms with Gasteiger partial charge in [0.05, 0.1) is 5.25 Å². The number of nitrogens with zero attached hydrogens (tertiary/aromatic N) is 1. The molecular formula is C10H20N2O3S. The minimum absolute atomic E-state index is 0.0457. The predicted molar refractivity (Wildman–Crippen MR) is 65.4 cm³/mol. The fraction of sp³-hybridized carbons (Fsp3) is 0.800. The number of nitrogens with two attached hydrogens (primary N) is 1. The van der Waals surface area contributed by atoms with E-state index in [4.69, 9.17) is 10.8 Å². The third-order valence-electron chi connectivity index (χ3n) is 2.28. The Morgan fingerprint density at radius 2 is 1.81 bits per heavy atom. The third-order valence-corrected chi connectivity index (χ3v) is 3.70. The normalized spacial score (nSPS) is 15.4. The molecule has 0 aromatic carbocycles. The highest BCUT2D eigenvalue weighted by atomic mass is 32.2. The van der Waals surface area contributed by atoms with E-state index in [2.05, 4.69) is 0 Å². The van der Waals surface area contributed by atoms with Crippen molar-refractivity contribution in [1.29, 1.82) is 0 Å². The summed E-state index contributed by atoms with van der Waals surface area (Å²) in [5.41, 5.74) is 5.57. The fourth-order valence-electron chi connectivity index (χ4n) is 1.24. The number of carboxylic acid groups (broad SMARTS) is 1. The third kappa shape index (κ3) is 4.02. The Morgan fingerprint density at radius 3 is 2.12 bits per heavy atom. The first-order valence-corrected chi connectivity index (χ1v) is 5.85. The van der Waals surface area contributed by atoms with Crippen LogP contribution in [-0.4, -0.2) is 52.0 Å². The maximum absolute atomic E-state index is 11.6. The average molecular weight is 248 g/mol. The van der Waals surface area contributed by atoms with E-state index in [1.807, 2.05) is 0 Å². The number of thioether (sulfide) groups is 1. The second-order valence-electron chi connectivity index (χ2n) is 4.41. The Kier molecular flexibility index (Phi) is 5.28. The summed E-state index contributed by atoms with van der Waals surface area (Å²) in [7, 11) is 3.34.